The first-order valence-corrected chi connectivity index (χ1v) is 6.23. The van der Waals surface area contributed by atoms with E-state index in [4.69, 9.17) is 0 Å². The Kier molecular flexibility index (Phi) is 7.00. The van der Waals surface area contributed by atoms with Crippen molar-refractivity contribution in [2.75, 3.05) is 20.1 Å². The van der Waals surface area contributed by atoms with Crippen LogP contribution in [-0.2, 0) is 6.42 Å². The van der Waals surface area contributed by atoms with Crippen molar-refractivity contribution in [2.24, 2.45) is 10.9 Å². The molecule has 0 atom stereocenters. The zero-order valence-electron chi connectivity index (χ0n) is 10.7. The van der Waals surface area contributed by atoms with Crippen LogP contribution in [-0.4, -0.2) is 31.1 Å². The molecular weight excluding hydrogens is 339 g/mol. The molecule has 100 valence electrons. The molecule has 1 saturated carbocycles. The summed E-state index contributed by atoms with van der Waals surface area (Å²) in [6.45, 7) is 1.91. The molecule has 1 aliphatic carbocycles. The van der Waals surface area contributed by atoms with E-state index in [2.05, 4.69) is 20.6 Å². The number of aromatic nitrogens is 1. The van der Waals surface area contributed by atoms with Crippen molar-refractivity contribution in [1.82, 2.24) is 15.6 Å². The predicted molar refractivity (Wildman–Crippen MR) is 85.4 cm³/mol. The summed E-state index contributed by atoms with van der Waals surface area (Å²) in [6, 6.07) is 6.00. The minimum atomic E-state index is 0. The molecule has 1 fully saturated rings. The highest BCUT2D eigenvalue weighted by Crippen LogP contribution is 2.27. The molecular formula is C13H21IN4. The van der Waals surface area contributed by atoms with Gasteiger partial charge in [0.1, 0.15) is 0 Å². The first-order chi connectivity index (χ1) is 8.38. The van der Waals surface area contributed by atoms with Crippen molar-refractivity contribution < 1.29 is 0 Å². The number of nitrogens with zero attached hydrogens (tertiary/aromatic N) is 2. The minimum Gasteiger partial charge on any atom is -0.356 e. The summed E-state index contributed by atoms with van der Waals surface area (Å²) >= 11 is 0. The number of guanidine groups is 1. The van der Waals surface area contributed by atoms with Crippen molar-refractivity contribution in [3.8, 4) is 0 Å². The SMILES string of the molecule is CN=C(NCCc1ccccn1)NCC1CC1.I. The summed E-state index contributed by atoms with van der Waals surface area (Å²) in [6.07, 6.45) is 5.47. The van der Waals surface area contributed by atoms with Crippen LogP contribution >= 0.6 is 24.0 Å². The van der Waals surface area contributed by atoms with E-state index in [0.29, 0.717) is 0 Å². The van der Waals surface area contributed by atoms with Crippen molar-refractivity contribution in [3.63, 3.8) is 0 Å². The van der Waals surface area contributed by atoms with Gasteiger partial charge in [-0.15, -0.1) is 24.0 Å². The van der Waals surface area contributed by atoms with Gasteiger partial charge in [0.25, 0.3) is 0 Å². The van der Waals surface area contributed by atoms with Gasteiger partial charge in [0, 0.05) is 38.4 Å². The molecule has 0 radical (unpaired) electrons. The molecule has 1 aromatic rings. The average molecular weight is 360 g/mol. The molecule has 1 aliphatic rings. The zero-order chi connectivity index (χ0) is 11.9. The molecule has 0 unspecified atom stereocenters. The average Bonchev–Trinajstić information content (AvgIpc) is 3.19. The van der Waals surface area contributed by atoms with Crippen molar-refractivity contribution in [3.05, 3.63) is 30.1 Å². The van der Waals surface area contributed by atoms with Gasteiger partial charge in [-0.05, 0) is 30.9 Å². The molecule has 2 N–H and O–H groups in total. The van der Waals surface area contributed by atoms with Crippen LogP contribution in [0.4, 0.5) is 0 Å². The number of hydrogen-bond acceptors (Lipinski definition) is 2. The van der Waals surface area contributed by atoms with Crippen molar-refractivity contribution in [1.29, 1.82) is 0 Å². The van der Waals surface area contributed by atoms with Crippen LogP contribution in [0.2, 0.25) is 0 Å². The van der Waals surface area contributed by atoms with Crippen LogP contribution < -0.4 is 10.6 Å². The van der Waals surface area contributed by atoms with Gasteiger partial charge in [-0.3, -0.25) is 9.98 Å². The third-order valence-corrected chi connectivity index (χ3v) is 2.88. The number of pyridine rings is 1. The molecule has 0 bridgehead atoms. The van der Waals surface area contributed by atoms with Gasteiger partial charge in [0.05, 0.1) is 0 Å². The fourth-order valence-electron chi connectivity index (χ4n) is 1.64. The molecule has 18 heavy (non-hydrogen) atoms. The molecule has 0 spiro atoms. The lowest BCUT2D eigenvalue weighted by atomic mass is 10.3. The number of hydrogen-bond donors (Lipinski definition) is 2. The summed E-state index contributed by atoms with van der Waals surface area (Å²) in [4.78, 5) is 8.48. The number of nitrogens with one attached hydrogen (secondary N) is 2. The van der Waals surface area contributed by atoms with E-state index in [1.165, 1.54) is 12.8 Å². The van der Waals surface area contributed by atoms with E-state index < -0.39 is 0 Å². The summed E-state index contributed by atoms with van der Waals surface area (Å²) in [5.41, 5.74) is 1.11. The molecule has 1 aromatic heterocycles. The first kappa shape index (κ1) is 15.2. The lowest BCUT2D eigenvalue weighted by Crippen LogP contribution is -2.39. The van der Waals surface area contributed by atoms with Crippen LogP contribution in [0.15, 0.2) is 29.4 Å². The summed E-state index contributed by atoms with van der Waals surface area (Å²) in [5, 5.41) is 6.64. The number of aliphatic imine (C=N–C) groups is 1. The highest BCUT2D eigenvalue weighted by Gasteiger charge is 2.20. The maximum atomic E-state index is 4.29. The minimum absolute atomic E-state index is 0. The maximum absolute atomic E-state index is 4.29. The topological polar surface area (TPSA) is 49.3 Å². The van der Waals surface area contributed by atoms with Crippen molar-refractivity contribution in [2.45, 2.75) is 19.3 Å². The Morgan fingerprint density at radius 2 is 2.22 bits per heavy atom. The smallest absolute Gasteiger partial charge is 0.190 e. The molecule has 5 heteroatoms. The van der Waals surface area contributed by atoms with E-state index in [-0.39, 0.29) is 24.0 Å². The highest BCUT2D eigenvalue weighted by atomic mass is 127. The Balaban J connectivity index is 0.00000162. The molecule has 0 saturated heterocycles. The van der Waals surface area contributed by atoms with Gasteiger partial charge in [-0.2, -0.15) is 0 Å². The molecule has 0 aromatic carbocycles. The van der Waals surface area contributed by atoms with Gasteiger partial charge in [-0.25, -0.2) is 0 Å². The van der Waals surface area contributed by atoms with E-state index >= 15 is 0 Å². The van der Waals surface area contributed by atoms with Gasteiger partial charge >= 0.3 is 0 Å². The van der Waals surface area contributed by atoms with Gasteiger partial charge in [-0.1, -0.05) is 6.07 Å². The molecule has 2 rings (SSSR count). The fourth-order valence-corrected chi connectivity index (χ4v) is 1.64. The van der Waals surface area contributed by atoms with Crippen LogP contribution in [0.25, 0.3) is 0 Å². The molecule has 1 heterocycles. The second-order valence-corrected chi connectivity index (χ2v) is 4.39. The second kappa shape index (κ2) is 8.29. The standard InChI is InChI=1S/C13H20N4.HI/c1-14-13(17-10-11-5-6-11)16-9-7-12-4-2-3-8-15-12;/h2-4,8,11H,5-7,9-10H2,1H3,(H2,14,16,17);1H. The molecule has 0 aliphatic heterocycles. The van der Waals surface area contributed by atoms with Crippen LogP contribution in [0, 0.1) is 5.92 Å². The largest absolute Gasteiger partial charge is 0.356 e. The normalized spacial score (nSPS) is 14.8. The molecule has 0 amide bonds. The third kappa shape index (κ3) is 5.66. The Bertz CT molecular complexity index is 363. The van der Waals surface area contributed by atoms with Gasteiger partial charge < -0.3 is 10.6 Å². The second-order valence-electron chi connectivity index (χ2n) is 4.39. The maximum Gasteiger partial charge on any atom is 0.190 e. The monoisotopic (exact) mass is 360 g/mol. The summed E-state index contributed by atoms with van der Waals surface area (Å²) in [7, 11) is 1.81. The summed E-state index contributed by atoms with van der Waals surface area (Å²) in [5.74, 6) is 1.76. The predicted octanol–water partition coefficient (Wildman–Crippen LogP) is 1.82. The third-order valence-electron chi connectivity index (χ3n) is 2.88. The van der Waals surface area contributed by atoms with E-state index in [0.717, 1.165) is 37.1 Å². The van der Waals surface area contributed by atoms with Crippen LogP contribution in [0.1, 0.15) is 18.5 Å². The Morgan fingerprint density at radius 1 is 1.39 bits per heavy atom. The van der Waals surface area contributed by atoms with Gasteiger partial charge in [0.15, 0.2) is 5.96 Å². The Labute approximate surface area is 126 Å². The highest BCUT2D eigenvalue weighted by molar-refractivity contribution is 14.0. The molecule has 4 nitrogen and oxygen atoms in total. The van der Waals surface area contributed by atoms with Crippen molar-refractivity contribution >= 4 is 29.9 Å². The number of rotatable bonds is 5. The van der Waals surface area contributed by atoms with E-state index in [9.17, 15) is 0 Å². The lowest BCUT2D eigenvalue weighted by molar-refractivity contribution is 0.731. The van der Waals surface area contributed by atoms with E-state index in [1.807, 2.05) is 31.4 Å². The first-order valence-electron chi connectivity index (χ1n) is 6.23. The lowest BCUT2D eigenvalue weighted by Gasteiger charge is -2.10. The quantitative estimate of drug-likeness (QED) is 0.479. The Hall–Kier alpha value is -0.850. The van der Waals surface area contributed by atoms with Crippen LogP contribution in [0.5, 0.6) is 0 Å². The fraction of sp³-hybridized carbons (Fsp3) is 0.538. The van der Waals surface area contributed by atoms with Crippen LogP contribution in [0.3, 0.4) is 0 Å². The summed E-state index contributed by atoms with van der Waals surface area (Å²) < 4.78 is 0. The van der Waals surface area contributed by atoms with Gasteiger partial charge in [0.2, 0.25) is 0 Å². The van der Waals surface area contributed by atoms with E-state index in [1.54, 1.807) is 0 Å². The number of halogens is 1. The Morgan fingerprint density at radius 3 is 2.83 bits per heavy atom. The zero-order valence-corrected chi connectivity index (χ0v) is 13.1.